The summed E-state index contributed by atoms with van der Waals surface area (Å²) >= 11 is 0. The Bertz CT molecular complexity index is 858. The molecule has 1 heterocycles. The molecule has 0 unspecified atom stereocenters. The van der Waals surface area contributed by atoms with Crippen LogP contribution in [0.2, 0.25) is 0 Å². The van der Waals surface area contributed by atoms with Crippen molar-refractivity contribution >= 4 is 22.8 Å². The number of hydrogen-bond donors (Lipinski definition) is 1. The van der Waals surface area contributed by atoms with Crippen LogP contribution in [0, 0.1) is 11.3 Å². The van der Waals surface area contributed by atoms with Gasteiger partial charge in [-0.05, 0) is 42.2 Å². The van der Waals surface area contributed by atoms with Gasteiger partial charge in [-0.1, -0.05) is 45.4 Å². The molecular weight excluding hydrogens is 328 g/mol. The minimum absolute atomic E-state index is 0.192. The Morgan fingerprint density at radius 2 is 2.04 bits per heavy atom. The molecule has 0 spiro atoms. The lowest BCUT2D eigenvalue weighted by Gasteiger charge is -2.37. The molecule has 0 bridgehead atoms. The number of rotatable bonds is 5. The Balaban J connectivity index is 2.10. The van der Waals surface area contributed by atoms with E-state index < -0.39 is 18.5 Å². The molecule has 1 aromatic heterocycles. The van der Waals surface area contributed by atoms with Crippen molar-refractivity contribution < 1.29 is 14.3 Å². The largest absolute Gasteiger partial charge is 0.452 e. The number of fused-ring (bicyclic) bond motifs is 2. The van der Waals surface area contributed by atoms with Crippen molar-refractivity contribution in [3.8, 4) is 0 Å². The molecule has 1 aromatic carbocycles. The summed E-state index contributed by atoms with van der Waals surface area (Å²) in [6, 6.07) is 7.59. The average molecular weight is 354 g/mol. The molecule has 5 nitrogen and oxygen atoms in total. The van der Waals surface area contributed by atoms with Crippen LogP contribution in [-0.4, -0.2) is 23.5 Å². The Morgan fingerprint density at radius 1 is 1.31 bits per heavy atom. The maximum atomic E-state index is 12.8. The Morgan fingerprint density at radius 3 is 2.73 bits per heavy atom. The zero-order valence-corrected chi connectivity index (χ0v) is 15.7. The lowest BCUT2D eigenvalue weighted by molar-refractivity contribution is -0.121. The van der Waals surface area contributed by atoms with Gasteiger partial charge in [0.2, 0.25) is 0 Å². The van der Waals surface area contributed by atoms with Crippen LogP contribution in [0.5, 0.6) is 0 Å². The number of nitrogens with zero attached hydrogens (tertiary/aromatic N) is 1. The van der Waals surface area contributed by atoms with Gasteiger partial charge in [0.05, 0.1) is 11.1 Å². The van der Waals surface area contributed by atoms with Crippen LogP contribution in [0.15, 0.2) is 24.3 Å². The fourth-order valence-corrected chi connectivity index (χ4v) is 3.79. The molecule has 2 aromatic rings. The first-order chi connectivity index (χ1) is 12.3. The monoisotopic (exact) mass is 354 g/mol. The van der Waals surface area contributed by atoms with E-state index in [0.717, 1.165) is 47.8 Å². The van der Waals surface area contributed by atoms with E-state index in [9.17, 15) is 9.59 Å². The zero-order valence-electron chi connectivity index (χ0n) is 15.7. The smallest absolute Gasteiger partial charge is 0.339 e. The second-order valence-electron chi connectivity index (χ2n) is 7.75. The van der Waals surface area contributed by atoms with Gasteiger partial charge in [0.15, 0.2) is 6.61 Å². The molecule has 1 aliphatic rings. The van der Waals surface area contributed by atoms with Crippen LogP contribution >= 0.6 is 0 Å². The molecule has 3 rings (SSSR count). The Labute approximate surface area is 153 Å². The highest BCUT2D eigenvalue weighted by Gasteiger charge is 2.34. The molecule has 5 heteroatoms. The van der Waals surface area contributed by atoms with E-state index in [4.69, 9.17) is 15.5 Å². The number of carbonyl (C=O) groups is 2. The van der Waals surface area contributed by atoms with E-state index in [1.165, 1.54) is 0 Å². The first kappa shape index (κ1) is 18.4. The molecule has 0 saturated carbocycles. The zero-order chi connectivity index (χ0) is 18.9. The number of amides is 1. The fraction of sp³-hybridized carbons (Fsp3) is 0.476. The number of primary amides is 1. The van der Waals surface area contributed by atoms with E-state index in [1.54, 1.807) is 0 Å². The highest BCUT2D eigenvalue weighted by Crippen LogP contribution is 2.41. The van der Waals surface area contributed by atoms with Gasteiger partial charge in [-0.2, -0.15) is 0 Å². The summed E-state index contributed by atoms with van der Waals surface area (Å²) in [5.41, 5.74) is 8.60. The SMILES string of the molecule is CCC(C)(C)[C@@H]1CCc2nc3ccccc3c(C(=O)OCC(N)=O)c2C1. The van der Waals surface area contributed by atoms with E-state index in [-0.39, 0.29) is 5.41 Å². The Kier molecular flexibility index (Phi) is 4.99. The third-order valence-electron chi connectivity index (χ3n) is 5.83. The first-order valence-corrected chi connectivity index (χ1v) is 9.19. The average Bonchev–Trinajstić information content (AvgIpc) is 2.63. The predicted molar refractivity (Wildman–Crippen MR) is 101 cm³/mol. The maximum absolute atomic E-state index is 12.8. The number of benzene rings is 1. The molecule has 1 aliphatic carbocycles. The minimum atomic E-state index is -0.657. The molecular formula is C21H26N2O3. The second kappa shape index (κ2) is 7.06. The van der Waals surface area contributed by atoms with E-state index in [0.29, 0.717) is 11.5 Å². The number of pyridine rings is 1. The van der Waals surface area contributed by atoms with Crippen molar-refractivity contribution in [3.63, 3.8) is 0 Å². The van der Waals surface area contributed by atoms with Crippen LogP contribution in [-0.2, 0) is 22.4 Å². The van der Waals surface area contributed by atoms with Gasteiger partial charge in [0.1, 0.15) is 0 Å². The van der Waals surface area contributed by atoms with Crippen LogP contribution < -0.4 is 5.73 Å². The summed E-state index contributed by atoms with van der Waals surface area (Å²) in [5, 5.41) is 0.774. The summed E-state index contributed by atoms with van der Waals surface area (Å²) in [6.45, 7) is 6.36. The van der Waals surface area contributed by atoms with Gasteiger partial charge in [0.25, 0.3) is 5.91 Å². The molecule has 0 aliphatic heterocycles. The number of hydrogen-bond acceptors (Lipinski definition) is 4. The number of ether oxygens (including phenoxy) is 1. The predicted octanol–water partition coefficient (Wildman–Crippen LogP) is 3.42. The van der Waals surface area contributed by atoms with Crippen LogP contribution in [0.4, 0.5) is 0 Å². The van der Waals surface area contributed by atoms with Gasteiger partial charge in [-0.25, -0.2) is 4.79 Å². The standard InChI is InChI=1S/C21H26N2O3/c1-4-21(2,3)13-9-10-17-15(11-13)19(20(25)26-12-18(22)24)14-7-5-6-8-16(14)23-17/h5-8,13H,4,9-12H2,1-3H3,(H2,22,24)/t13-/m1/s1. The van der Waals surface area contributed by atoms with Crippen molar-refractivity contribution in [2.24, 2.45) is 17.1 Å². The summed E-state index contributed by atoms with van der Waals surface area (Å²) in [7, 11) is 0. The van der Waals surface area contributed by atoms with Crippen molar-refractivity contribution in [3.05, 3.63) is 41.1 Å². The topological polar surface area (TPSA) is 82.3 Å². The second-order valence-corrected chi connectivity index (χ2v) is 7.75. The molecule has 0 fully saturated rings. The third-order valence-corrected chi connectivity index (χ3v) is 5.83. The number of aryl methyl sites for hydroxylation is 1. The quantitative estimate of drug-likeness (QED) is 0.834. The third kappa shape index (κ3) is 3.43. The van der Waals surface area contributed by atoms with E-state index in [2.05, 4.69) is 20.8 Å². The van der Waals surface area contributed by atoms with Gasteiger partial charge in [-0.15, -0.1) is 0 Å². The molecule has 138 valence electrons. The molecule has 1 amide bonds. The number of esters is 1. The van der Waals surface area contributed by atoms with Crippen molar-refractivity contribution in [2.45, 2.75) is 46.5 Å². The summed E-state index contributed by atoms with van der Waals surface area (Å²) in [6.07, 6.45) is 3.80. The van der Waals surface area contributed by atoms with Gasteiger partial charge >= 0.3 is 5.97 Å². The van der Waals surface area contributed by atoms with Crippen molar-refractivity contribution in [1.82, 2.24) is 4.98 Å². The fourth-order valence-electron chi connectivity index (χ4n) is 3.79. The molecule has 0 radical (unpaired) electrons. The molecule has 2 N–H and O–H groups in total. The number of carbonyl (C=O) groups excluding carboxylic acids is 2. The Hall–Kier alpha value is -2.43. The molecule has 1 atom stereocenters. The minimum Gasteiger partial charge on any atom is -0.452 e. The van der Waals surface area contributed by atoms with Crippen LogP contribution in [0.3, 0.4) is 0 Å². The van der Waals surface area contributed by atoms with Crippen molar-refractivity contribution in [1.29, 1.82) is 0 Å². The number of para-hydroxylation sites is 1. The van der Waals surface area contributed by atoms with E-state index >= 15 is 0 Å². The highest BCUT2D eigenvalue weighted by molar-refractivity contribution is 6.05. The summed E-state index contributed by atoms with van der Waals surface area (Å²) < 4.78 is 5.17. The number of aromatic nitrogens is 1. The van der Waals surface area contributed by atoms with Crippen LogP contribution in [0.1, 0.15) is 55.2 Å². The normalized spacial score (nSPS) is 17.0. The molecule has 0 saturated heterocycles. The van der Waals surface area contributed by atoms with Gasteiger partial charge < -0.3 is 10.5 Å². The van der Waals surface area contributed by atoms with Crippen molar-refractivity contribution in [2.75, 3.05) is 6.61 Å². The first-order valence-electron chi connectivity index (χ1n) is 9.19. The summed E-state index contributed by atoms with van der Waals surface area (Å²) in [5.74, 6) is -0.671. The van der Waals surface area contributed by atoms with E-state index in [1.807, 2.05) is 24.3 Å². The van der Waals surface area contributed by atoms with Crippen LogP contribution in [0.25, 0.3) is 10.9 Å². The van der Waals surface area contributed by atoms with Gasteiger partial charge in [-0.3, -0.25) is 9.78 Å². The molecule has 26 heavy (non-hydrogen) atoms. The number of nitrogens with two attached hydrogens (primary N) is 1. The highest BCUT2D eigenvalue weighted by atomic mass is 16.5. The summed E-state index contributed by atoms with van der Waals surface area (Å²) in [4.78, 5) is 28.6. The van der Waals surface area contributed by atoms with Gasteiger partial charge in [0, 0.05) is 11.1 Å². The maximum Gasteiger partial charge on any atom is 0.339 e. The lowest BCUT2D eigenvalue weighted by atomic mass is 9.68. The lowest BCUT2D eigenvalue weighted by Crippen LogP contribution is -2.31.